The van der Waals surface area contributed by atoms with E-state index in [0.717, 1.165) is 16.2 Å². The first-order valence-corrected chi connectivity index (χ1v) is 6.83. The topological polar surface area (TPSA) is 107 Å². The van der Waals surface area contributed by atoms with Crippen molar-refractivity contribution in [3.63, 3.8) is 0 Å². The van der Waals surface area contributed by atoms with Gasteiger partial charge in [0.1, 0.15) is 0 Å². The number of carbonyl (C=O) groups excluding carboxylic acids is 2. The minimum absolute atomic E-state index is 0.00384. The average Bonchev–Trinajstić information content (AvgIpc) is 3.00. The van der Waals surface area contributed by atoms with E-state index in [9.17, 15) is 19.7 Å². The predicted molar refractivity (Wildman–Crippen MR) is 76.0 cm³/mol. The molecule has 0 unspecified atom stereocenters. The van der Waals surface area contributed by atoms with Crippen molar-refractivity contribution in [2.45, 2.75) is 6.54 Å². The zero-order valence-corrected chi connectivity index (χ0v) is 11.4. The van der Waals surface area contributed by atoms with Gasteiger partial charge in [-0.3, -0.25) is 24.6 Å². The van der Waals surface area contributed by atoms with Gasteiger partial charge in [-0.15, -0.1) is 0 Å². The smallest absolute Gasteiger partial charge is 0.324 e. The molecule has 1 aliphatic heterocycles. The van der Waals surface area contributed by atoms with Gasteiger partial charge >= 0.3 is 5.00 Å². The van der Waals surface area contributed by atoms with Crippen LogP contribution in [0.25, 0.3) is 0 Å². The van der Waals surface area contributed by atoms with Gasteiger partial charge in [0, 0.05) is 17.1 Å². The maximum absolute atomic E-state index is 12.3. The van der Waals surface area contributed by atoms with Crippen molar-refractivity contribution in [2.24, 2.45) is 0 Å². The van der Waals surface area contributed by atoms with Crippen LogP contribution in [0.2, 0.25) is 0 Å². The van der Waals surface area contributed by atoms with Crippen LogP contribution in [0.1, 0.15) is 26.3 Å². The van der Waals surface area contributed by atoms with E-state index in [1.165, 1.54) is 6.07 Å². The fraction of sp³-hybridized carbons (Fsp3) is 0.0769. The third-order valence-corrected chi connectivity index (χ3v) is 4.12. The minimum Gasteiger partial charge on any atom is -0.398 e. The molecule has 2 aromatic rings. The van der Waals surface area contributed by atoms with Crippen LogP contribution in [0.5, 0.6) is 0 Å². The molecular weight excluding hydrogens is 294 g/mol. The SMILES string of the molecule is Nc1cccc2c1C(=O)N(Cc1csc([N+](=O)[O-])c1)C2=O. The van der Waals surface area contributed by atoms with E-state index in [0.29, 0.717) is 5.56 Å². The molecule has 1 aromatic carbocycles. The molecule has 2 N–H and O–H groups in total. The Balaban J connectivity index is 1.91. The number of amides is 2. The Morgan fingerprint density at radius 3 is 2.67 bits per heavy atom. The molecule has 2 heterocycles. The molecule has 0 saturated heterocycles. The predicted octanol–water partition coefficient (Wildman–Crippen LogP) is 2.03. The third kappa shape index (κ3) is 2.05. The van der Waals surface area contributed by atoms with Crippen molar-refractivity contribution in [1.29, 1.82) is 0 Å². The highest BCUT2D eigenvalue weighted by molar-refractivity contribution is 7.13. The average molecular weight is 303 g/mol. The lowest BCUT2D eigenvalue weighted by atomic mass is 10.1. The maximum atomic E-state index is 12.3. The second kappa shape index (κ2) is 4.67. The Morgan fingerprint density at radius 2 is 2.05 bits per heavy atom. The fourth-order valence-electron chi connectivity index (χ4n) is 2.23. The molecule has 8 heteroatoms. The molecule has 21 heavy (non-hydrogen) atoms. The number of fused-ring (bicyclic) bond motifs is 1. The standard InChI is InChI=1S/C13H9N3O4S/c14-9-3-1-2-8-11(9)13(18)15(12(8)17)5-7-4-10(16(19)20)21-6-7/h1-4,6H,5,14H2. The summed E-state index contributed by atoms with van der Waals surface area (Å²) in [4.78, 5) is 35.7. The van der Waals surface area contributed by atoms with Crippen LogP contribution in [0.4, 0.5) is 10.7 Å². The number of nitrogen functional groups attached to an aromatic ring is 1. The lowest BCUT2D eigenvalue weighted by Gasteiger charge is -2.12. The van der Waals surface area contributed by atoms with Crippen LogP contribution in [0, 0.1) is 10.1 Å². The van der Waals surface area contributed by atoms with Crippen molar-refractivity contribution < 1.29 is 14.5 Å². The second-order valence-corrected chi connectivity index (χ2v) is 5.41. The number of thiophene rings is 1. The summed E-state index contributed by atoms with van der Waals surface area (Å²) < 4.78 is 0. The van der Waals surface area contributed by atoms with Gasteiger partial charge in [-0.25, -0.2) is 0 Å². The number of hydrogen-bond donors (Lipinski definition) is 1. The summed E-state index contributed by atoms with van der Waals surface area (Å²) in [5.74, 6) is -0.905. The lowest BCUT2D eigenvalue weighted by Crippen LogP contribution is -2.29. The highest BCUT2D eigenvalue weighted by Gasteiger charge is 2.37. The summed E-state index contributed by atoms with van der Waals surface area (Å²) in [6.07, 6.45) is 0. The summed E-state index contributed by atoms with van der Waals surface area (Å²) in [6.45, 7) is -0.00384. The first kappa shape index (κ1) is 13.3. The minimum atomic E-state index is -0.505. The van der Waals surface area contributed by atoms with E-state index < -0.39 is 16.7 Å². The molecule has 1 aromatic heterocycles. The number of nitrogens with two attached hydrogens (primary N) is 1. The highest BCUT2D eigenvalue weighted by Crippen LogP contribution is 2.30. The fourth-order valence-corrected chi connectivity index (χ4v) is 2.95. The van der Waals surface area contributed by atoms with Crippen LogP contribution < -0.4 is 5.73 Å². The molecule has 0 atom stereocenters. The summed E-state index contributed by atoms with van der Waals surface area (Å²) in [6, 6.07) is 6.07. The zero-order chi connectivity index (χ0) is 15.1. The van der Waals surface area contributed by atoms with Crippen molar-refractivity contribution in [2.75, 3.05) is 5.73 Å². The Kier molecular flexibility index (Phi) is 2.95. The Hall–Kier alpha value is -2.74. The van der Waals surface area contributed by atoms with Gasteiger partial charge in [-0.1, -0.05) is 17.4 Å². The molecule has 0 aliphatic carbocycles. The molecule has 3 rings (SSSR count). The van der Waals surface area contributed by atoms with Crippen molar-refractivity contribution in [1.82, 2.24) is 4.90 Å². The van der Waals surface area contributed by atoms with Gasteiger partial charge in [-0.2, -0.15) is 0 Å². The molecule has 0 spiro atoms. The number of hydrogen-bond acceptors (Lipinski definition) is 6. The van der Waals surface area contributed by atoms with E-state index >= 15 is 0 Å². The Bertz CT molecular complexity index is 783. The van der Waals surface area contributed by atoms with Gasteiger partial charge in [0.25, 0.3) is 11.8 Å². The van der Waals surface area contributed by atoms with E-state index in [1.807, 2.05) is 0 Å². The molecular formula is C13H9N3O4S. The zero-order valence-electron chi connectivity index (χ0n) is 10.6. The van der Waals surface area contributed by atoms with Crippen LogP contribution >= 0.6 is 11.3 Å². The Morgan fingerprint density at radius 1 is 1.29 bits per heavy atom. The number of benzene rings is 1. The van der Waals surface area contributed by atoms with Crippen molar-refractivity contribution in [3.8, 4) is 0 Å². The van der Waals surface area contributed by atoms with Crippen LogP contribution in [-0.2, 0) is 6.54 Å². The molecule has 0 bridgehead atoms. The number of carbonyl (C=O) groups is 2. The van der Waals surface area contributed by atoms with E-state index in [-0.39, 0.29) is 28.4 Å². The normalized spacial score (nSPS) is 13.6. The number of rotatable bonds is 3. The van der Waals surface area contributed by atoms with Crippen molar-refractivity contribution >= 4 is 33.8 Å². The Labute approximate surface area is 122 Å². The molecule has 0 saturated carbocycles. The number of anilines is 1. The lowest BCUT2D eigenvalue weighted by molar-refractivity contribution is -0.380. The molecule has 7 nitrogen and oxygen atoms in total. The first-order chi connectivity index (χ1) is 9.99. The molecule has 0 radical (unpaired) electrons. The maximum Gasteiger partial charge on any atom is 0.324 e. The summed E-state index contributed by atoms with van der Waals surface area (Å²) >= 11 is 0.957. The summed E-state index contributed by atoms with van der Waals surface area (Å²) in [5, 5.41) is 12.2. The van der Waals surface area contributed by atoms with Gasteiger partial charge in [0.15, 0.2) is 0 Å². The monoisotopic (exact) mass is 303 g/mol. The quantitative estimate of drug-likeness (QED) is 0.404. The highest BCUT2D eigenvalue weighted by atomic mass is 32.1. The van der Waals surface area contributed by atoms with E-state index in [2.05, 4.69) is 0 Å². The summed E-state index contributed by atoms with van der Waals surface area (Å²) in [5.41, 5.74) is 7.00. The van der Waals surface area contributed by atoms with Gasteiger partial charge in [-0.05, 0) is 17.7 Å². The second-order valence-electron chi connectivity index (χ2n) is 4.52. The van der Waals surface area contributed by atoms with Crippen molar-refractivity contribution in [3.05, 3.63) is 56.5 Å². The van der Waals surface area contributed by atoms with Gasteiger partial charge in [0.05, 0.1) is 22.6 Å². The van der Waals surface area contributed by atoms with Crippen LogP contribution in [-0.4, -0.2) is 21.6 Å². The van der Waals surface area contributed by atoms with Crippen LogP contribution in [0.15, 0.2) is 29.6 Å². The number of imide groups is 1. The molecule has 1 aliphatic rings. The number of nitro groups is 1. The van der Waals surface area contributed by atoms with E-state index in [4.69, 9.17) is 5.73 Å². The van der Waals surface area contributed by atoms with Gasteiger partial charge < -0.3 is 5.73 Å². The van der Waals surface area contributed by atoms with Crippen LogP contribution in [0.3, 0.4) is 0 Å². The first-order valence-electron chi connectivity index (χ1n) is 5.95. The van der Waals surface area contributed by atoms with E-state index in [1.54, 1.807) is 23.6 Å². The summed E-state index contributed by atoms with van der Waals surface area (Å²) in [7, 11) is 0. The molecule has 106 valence electrons. The number of nitrogens with zero attached hydrogens (tertiary/aromatic N) is 2. The van der Waals surface area contributed by atoms with Gasteiger partial charge in [0.2, 0.25) is 0 Å². The third-order valence-electron chi connectivity index (χ3n) is 3.19. The molecule has 0 fully saturated rings. The molecule has 2 amide bonds. The largest absolute Gasteiger partial charge is 0.398 e.